The maximum atomic E-state index is 11.3. The van der Waals surface area contributed by atoms with E-state index in [2.05, 4.69) is 21.1 Å². The van der Waals surface area contributed by atoms with Crippen LogP contribution in [0.5, 0.6) is 0 Å². The zero-order valence-electron chi connectivity index (χ0n) is 17.4. The zero-order valence-corrected chi connectivity index (χ0v) is 17.4. The van der Waals surface area contributed by atoms with E-state index in [1.54, 1.807) is 0 Å². The lowest BCUT2D eigenvalue weighted by Crippen LogP contribution is -2.37. The molecule has 28 heavy (non-hydrogen) atoms. The molecule has 1 aliphatic heterocycles. The van der Waals surface area contributed by atoms with Gasteiger partial charge in [-0.05, 0) is 0 Å². The van der Waals surface area contributed by atoms with Crippen molar-refractivity contribution in [1.29, 1.82) is 0 Å². The summed E-state index contributed by atoms with van der Waals surface area (Å²) in [5, 5.41) is 0. The Bertz CT molecular complexity index is 459. The van der Waals surface area contributed by atoms with Crippen LogP contribution in [0.3, 0.4) is 0 Å². The Labute approximate surface area is 167 Å². The second kappa shape index (κ2) is 14.6. The molecule has 2 amide bonds. The average Bonchev–Trinajstić information content (AvgIpc) is 2.95. The van der Waals surface area contributed by atoms with E-state index in [9.17, 15) is 9.59 Å². The van der Waals surface area contributed by atoms with Gasteiger partial charge in [0.15, 0.2) is 0 Å². The van der Waals surface area contributed by atoms with Gasteiger partial charge in [0.1, 0.15) is 6.54 Å². The Balaban J connectivity index is 1.73. The molecule has 162 valence electrons. The summed E-state index contributed by atoms with van der Waals surface area (Å²) in [5.74, 6) is -0.586. The number of amides is 2. The van der Waals surface area contributed by atoms with Crippen LogP contribution in [0.25, 0.3) is 0 Å². The van der Waals surface area contributed by atoms with E-state index in [1.165, 1.54) is 12.2 Å². The number of quaternary nitrogens is 1. The van der Waals surface area contributed by atoms with Gasteiger partial charge in [-0.15, -0.1) is 0 Å². The van der Waals surface area contributed by atoms with E-state index in [4.69, 9.17) is 23.7 Å². The molecule has 1 heterocycles. The zero-order chi connectivity index (χ0) is 20.7. The van der Waals surface area contributed by atoms with Crippen LogP contribution in [0.4, 0.5) is 0 Å². The summed E-state index contributed by atoms with van der Waals surface area (Å²) in [5.41, 5.74) is 0. The van der Waals surface area contributed by atoms with E-state index in [0.717, 1.165) is 22.5 Å². The van der Waals surface area contributed by atoms with Crippen LogP contribution < -0.4 is 0 Å². The van der Waals surface area contributed by atoms with E-state index in [0.29, 0.717) is 59.5 Å². The first-order valence-corrected chi connectivity index (χ1v) is 9.63. The van der Waals surface area contributed by atoms with Crippen molar-refractivity contribution in [2.75, 3.05) is 100 Å². The maximum Gasteiger partial charge on any atom is 0.253 e. The highest BCUT2D eigenvalue weighted by Gasteiger charge is 2.22. The highest BCUT2D eigenvalue weighted by molar-refractivity contribution is 6.12. The van der Waals surface area contributed by atoms with Crippen molar-refractivity contribution in [3.63, 3.8) is 0 Å². The molecule has 0 saturated heterocycles. The van der Waals surface area contributed by atoms with E-state index >= 15 is 0 Å². The summed E-state index contributed by atoms with van der Waals surface area (Å²) in [4.78, 5) is 23.8. The summed E-state index contributed by atoms with van der Waals surface area (Å²) < 4.78 is 27.9. The minimum atomic E-state index is -0.293. The third-order valence-corrected chi connectivity index (χ3v) is 3.75. The molecule has 0 spiro atoms. The number of imide groups is 1. The van der Waals surface area contributed by atoms with E-state index in [1.807, 2.05) is 0 Å². The second-order valence-electron chi connectivity index (χ2n) is 7.24. The molecule has 1 aliphatic rings. The Hall–Kier alpha value is -1.36. The molecule has 0 bridgehead atoms. The molecule has 0 aliphatic carbocycles. The van der Waals surface area contributed by atoms with Crippen LogP contribution in [-0.2, 0) is 33.3 Å². The van der Waals surface area contributed by atoms with Gasteiger partial charge < -0.3 is 28.2 Å². The van der Waals surface area contributed by atoms with Crippen LogP contribution >= 0.6 is 0 Å². The number of ether oxygens (including phenoxy) is 5. The molecule has 0 saturated carbocycles. The molecule has 0 unspecified atom stereocenters. The normalized spacial score (nSPS) is 14.5. The second-order valence-corrected chi connectivity index (χ2v) is 7.24. The van der Waals surface area contributed by atoms with E-state index in [-0.39, 0.29) is 18.4 Å². The topological polar surface area (TPSA) is 83.5 Å². The summed E-state index contributed by atoms with van der Waals surface area (Å²) >= 11 is 0. The third kappa shape index (κ3) is 12.9. The van der Waals surface area contributed by atoms with Crippen LogP contribution in [0.15, 0.2) is 12.2 Å². The molecule has 0 aromatic heterocycles. The van der Waals surface area contributed by atoms with Gasteiger partial charge in [-0.25, -0.2) is 0 Å². The fraction of sp³-hybridized carbons (Fsp3) is 0.789. The summed E-state index contributed by atoms with van der Waals surface area (Å²) in [6.45, 7) is 6.29. The molecular formula is C19H35N2O7+. The largest absolute Gasteiger partial charge is 0.377 e. The van der Waals surface area contributed by atoms with Gasteiger partial charge in [0, 0.05) is 12.2 Å². The van der Waals surface area contributed by atoms with Crippen LogP contribution in [0.1, 0.15) is 0 Å². The molecule has 1 rings (SSSR count). The monoisotopic (exact) mass is 403 g/mol. The first-order chi connectivity index (χ1) is 13.4. The first kappa shape index (κ1) is 24.7. The van der Waals surface area contributed by atoms with Crippen LogP contribution in [0.2, 0.25) is 0 Å². The lowest BCUT2D eigenvalue weighted by atomic mass is 10.5. The Morgan fingerprint density at radius 3 is 1.39 bits per heavy atom. The van der Waals surface area contributed by atoms with Crippen LogP contribution in [-0.4, -0.2) is 121 Å². The number of carbonyl (C=O) groups is 2. The van der Waals surface area contributed by atoms with Gasteiger partial charge in [0.05, 0.1) is 93.8 Å². The summed E-state index contributed by atoms with van der Waals surface area (Å²) in [7, 11) is 6.40. The van der Waals surface area contributed by atoms with Gasteiger partial charge in [-0.2, -0.15) is 0 Å². The number of rotatable bonds is 18. The predicted molar refractivity (Wildman–Crippen MR) is 103 cm³/mol. The smallest absolute Gasteiger partial charge is 0.253 e. The molecule has 0 atom stereocenters. The van der Waals surface area contributed by atoms with Gasteiger partial charge >= 0.3 is 0 Å². The maximum absolute atomic E-state index is 11.3. The van der Waals surface area contributed by atoms with Gasteiger partial charge in [0.2, 0.25) is 0 Å². The molecule has 0 radical (unpaired) electrons. The summed E-state index contributed by atoms with van der Waals surface area (Å²) in [6, 6.07) is 0. The fourth-order valence-corrected chi connectivity index (χ4v) is 2.13. The number of likely N-dealkylation sites (N-methyl/N-ethyl adjacent to an activating group) is 1. The minimum absolute atomic E-state index is 0.259. The van der Waals surface area contributed by atoms with Crippen LogP contribution in [0, 0.1) is 0 Å². The number of carbonyl (C=O) groups excluding carboxylic acids is 2. The van der Waals surface area contributed by atoms with Gasteiger partial charge in [-0.1, -0.05) is 0 Å². The molecule has 9 nitrogen and oxygen atoms in total. The molecule has 9 heteroatoms. The highest BCUT2D eigenvalue weighted by atomic mass is 16.6. The number of nitrogens with zero attached hydrogens (tertiary/aromatic N) is 2. The van der Waals surface area contributed by atoms with Gasteiger partial charge in [0.25, 0.3) is 11.8 Å². The number of hydrogen-bond donors (Lipinski definition) is 0. The SMILES string of the molecule is C[N+](C)(C)CCOCCOCCOCCOCCOCCN1C(=O)C=CC1=O. The average molecular weight is 403 g/mol. The minimum Gasteiger partial charge on any atom is -0.377 e. The number of hydrogen-bond acceptors (Lipinski definition) is 7. The molecule has 0 aromatic carbocycles. The Morgan fingerprint density at radius 2 is 1.00 bits per heavy atom. The standard InChI is InChI=1S/C19H35N2O7/c1-21(2,3)7-9-25-11-13-27-15-17-28-16-14-26-12-10-24-8-6-20-18(22)4-5-19(20)23/h4-5H,6-17H2,1-3H3/q+1. The van der Waals surface area contributed by atoms with Crippen molar-refractivity contribution in [3.05, 3.63) is 12.2 Å². The molecule has 0 fully saturated rings. The van der Waals surface area contributed by atoms with Crippen molar-refractivity contribution < 1.29 is 37.8 Å². The lowest BCUT2D eigenvalue weighted by molar-refractivity contribution is -0.870. The van der Waals surface area contributed by atoms with Crippen molar-refractivity contribution in [2.24, 2.45) is 0 Å². The highest BCUT2D eigenvalue weighted by Crippen LogP contribution is 2.02. The van der Waals surface area contributed by atoms with Crippen molar-refractivity contribution in [3.8, 4) is 0 Å². The predicted octanol–water partition coefficient (Wildman–Crippen LogP) is -0.299. The molecular weight excluding hydrogens is 368 g/mol. The van der Waals surface area contributed by atoms with Gasteiger partial charge in [-0.3, -0.25) is 14.5 Å². The quantitative estimate of drug-likeness (QED) is 0.177. The fourth-order valence-electron chi connectivity index (χ4n) is 2.13. The third-order valence-electron chi connectivity index (χ3n) is 3.75. The van der Waals surface area contributed by atoms with Crippen molar-refractivity contribution in [1.82, 2.24) is 4.90 Å². The van der Waals surface area contributed by atoms with Crippen molar-refractivity contribution in [2.45, 2.75) is 0 Å². The Kier molecular flexibility index (Phi) is 12.9. The Morgan fingerprint density at radius 1 is 0.643 bits per heavy atom. The lowest BCUT2D eigenvalue weighted by Gasteiger charge is -2.23. The molecule has 0 aromatic rings. The summed E-state index contributed by atoms with van der Waals surface area (Å²) in [6.07, 6.45) is 2.52. The molecule has 0 N–H and O–H groups in total. The van der Waals surface area contributed by atoms with Crippen molar-refractivity contribution >= 4 is 11.8 Å². The van der Waals surface area contributed by atoms with E-state index < -0.39 is 0 Å². The first-order valence-electron chi connectivity index (χ1n) is 9.63.